The molecule has 0 unspecified atom stereocenters. The number of rotatable bonds is 1. The summed E-state index contributed by atoms with van der Waals surface area (Å²) in [5.74, 6) is -1.51. The van der Waals surface area contributed by atoms with Crippen molar-refractivity contribution in [3.63, 3.8) is 0 Å². The van der Waals surface area contributed by atoms with Crippen molar-refractivity contribution in [1.82, 2.24) is 9.88 Å². The molecule has 6 heteroatoms. The fourth-order valence-corrected chi connectivity index (χ4v) is 3.54. The Bertz CT molecular complexity index is 795. The molecule has 0 aliphatic carbocycles. The van der Waals surface area contributed by atoms with Crippen LogP contribution in [0, 0.1) is 11.6 Å². The second-order valence-electron chi connectivity index (χ2n) is 7.77. The first-order valence-electron chi connectivity index (χ1n) is 8.62. The van der Waals surface area contributed by atoms with Crippen LogP contribution in [0.25, 0.3) is 10.9 Å². The topological polar surface area (TPSA) is 45.3 Å². The quantitative estimate of drug-likeness (QED) is 0.791. The van der Waals surface area contributed by atoms with Gasteiger partial charge in [-0.25, -0.2) is 13.6 Å². The predicted octanol–water partition coefficient (Wildman–Crippen LogP) is 4.95. The van der Waals surface area contributed by atoms with Gasteiger partial charge in [0.25, 0.3) is 0 Å². The van der Waals surface area contributed by atoms with Gasteiger partial charge >= 0.3 is 6.09 Å². The van der Waals surface area contributed by atoms with Crippen LogP contribution < -0.4 is 0 Å². The van der Waals surface area contributed by atoms with E-state index >= 15 is 0 Å². The van der Waals surface area contributed by atoms with Crippen molar-refractivity contribution >= 4 is 17.0 Å². The molecule has 1 aliphatic rings. The number of hydrogen-bond acceptors (Lipinski definition) is 2. The largest absolute Gasteiger partial charge is 0.444 e. The van der Waals surface area contributed by atoms with E-state index in [1.165, 1.54) is 0 Å². The molecule has 1 aromatic carbocycles. The van der Waals surface area contributed by atoms with Crippen LogP contribution in [0.3, 0.4) is 0 Å². The molecular weight excluding hydrogens is 326 g/mol. The van der Waals surface area contributed by atoms with Crippen LogP contribution in [-0.2, 0) is 4.74 Å². The number of nitrogens with one attached hydrogen (secondary N) is 1. The van der Waals surface area contributed by atoms with E-state index in [1.54, 1.807) is 17.2 Å². The fourth-order valence-electron chi connectivity index (χ4n) is 3.54. The Labute approximate surface area is 146 Å². The van der Waals surface area contributed by atoms with Crippen molar-refractivity contribution < 1.29 is 18.3 Å². The smallest absolute Gasteiger partial charge is 0.410 e. The monoisotopic (exact) mass is 350 g/mol. The fraction of sp³-hybridized carbons (Fsp3) is 0.526. The van der Waals surface area contributed by atoms with Gasteiger partial charge in [0.15, 0.2) is 11.6 Å². The molecule has 1 aliphatic heterocycles. The van der Waals surface area contributed by atoms with E-state index in [0.717, 1.165) is 24.5 Å². The number of nitrogens with zero attached hydrogens (tertiary/aromatic N) is 1. The van der Waals surface area contributed by atoms with E-state index in [0.29, 0.717) is 11.9 Å². The van der Waals surface area contributed by atoms with Crippen LogP contribution in [0.1, 0.15) is 52.0 Å². The van der Waals surface area contributed by atoms with Crippen molar-refractivity contribution in [2.75, 3.05) is 6.54 Å². The maximum atomic E-state index is 13.9. The third kappa shape index (κ3) is 3.48. The number of amides is 1. The number of benzene rings is 1. The molecule has 1 N–H and O–H groups in total. The van der Waals surface area contributed by atoms with E-state index < -0.39 is 17.2 Å². The highest BCUT2D eigenvalue weighted by Gasteiger charge is 2.33. The van der Waals surface area contributed by atoms with Crippen molar-refractivity contribution in [2.45, 2.75) is 58.1 Å². The Kier molecular flexibility index (Phi) is 4.47. The molecule has 0 saturated carbocycles. The lowest BCUT2D eigenvalue weighted by molar-refractivity contribution is 0.0104. The molecular formula is C19H24F2N2O2. The number of aromatic nitrogens is 1. The summed E-state index contributed by atoms with van der Waals surface area (Å²) >= 11 is 0. The van der Waals surface area contributed by atoms with Gasteiger partial charge < -0.3 is 14.6 Å². The van der Waals surface area contributed by atoms with Crippen molar-refractivity contribution in [3.8, 4) is 0 Å². The second-order valence-corrected chi connectivity index (χ2v) is 7.77. The van der Waals surface area contributed by atoms with Crippen LogP contribution in [0.15, 0.2) is 18.3 Å². The molecule has 2 atom stereocenters. The first kappa shape index (κ1) is 17.7. The van der Waals surface area contributed by atoms with Gasteiger partial charge in [0.1, 0.15) is 5.60 Å². The zero-order chi connectivity index (χ0) is 18.4. The standard InChI is InChI=1S/C19H24F2N2O2/c1-11-9-12(7-8-23(11)18(24)25-19(2,3)4)14-10-22-17-13(14)5-6-15(20)16(17)21/h5-6,10-12,22H,7-9H2,1-4H3/t11-,12+/m0/s1. The summed E-state index contributed by atoms with van der Waals surface area (Å²) in [6, 6.07) is 2.79. The number of piperidine rings is 1. The molecule has 0 radical (unpaired) electrons. The maximum absolute atomic E-state index is 13.9. The number of ether oxygens (including phenoxy) is 1. The molecule has 1 amide bonds. The summed E-state index contributed by atoms with van der Waals surface area (Å²) < 4.78 is 32.8. The van der Waals surface area contributed by atoms with Crippen LogP contribution in [0.2, 0.25) is 0 Å². The van der Waals surface area contributed by atoms with E-state index in [-0.39, 0.29) is 23.6 Å². The van der Waals surface area contributed by atoms with Crippen LogP contribution in [-0.4, -0.2) is 34.2 Å². The molecule has 0 bridgehead atoms. The maximum Gasteiger partial charge on any atom is 0.410 e. The third-order valence-electron chi connectivity index (χ3n) is 4.72. The van der Waals surface area contributed by atoms with E-state index in [1.807, 2.05) is 27.7 Å². The van der Waals surface area contributed by atoms with Gasteiger partial charge in [0.05, 0.1) is 5.52 Å². The minimum Gasteiger partial charge on any atom is -0.444 e. The molecule has 3 rings (SSSR count). The highest BCUT2D eigenvalue weighted by molar-refractivity contribution is 5.84. The average molecular weight is 350 g/mol. The van der Waals surface area contributed by atoms with E-state index in [4.69, 9.17) is 4.74 Å². The first-order valence-corrected chi connectivity index (χ1v) is 8.62. The lowest BCUT2D eigenvalue weighted by Crippen LogP contribution is -2.46. The van der Waals surface area contributed by atoms with Gasteiger partial charge in [-0.15, -0.1) is 0 Å². The molecule has 136 valence electrons. The Morgan fingerprint density at radius 3 is 2.68 bits per heavy atom. The first-order chi connectivity index (χ1) is 11.7. The minimum atomic E-state index is -0.853. The molecule has 1 aromatic heterocycles. The number of H-pyrrole nitrogens is 1. The molecule has 0 spiro atoms. The summed E-state index contributed by atoms with van der Waals surface area (Å²) in [6.07, 6.45) is 2.97. The molecule has 2 aromatic rings. The number of carbonyl (C=O) groups excluding carboxylic acids is 1. The molecule has 25 heavy (non-hydrogen) atoms. The van der Waals surface area contributed by atoms with Crippen LogP contribution >= 0.6 is 0 Å². The van der Waals surface area contributed by atoms with Crippen LogP contribution in [0.4, 0.5) is 13.6 Å². The van der Waals surface area contributed by atoms with Gasteiger partial charge in [-0.05, 0) is 64.2 Å². The Morgan fingerprint density at radius 2 is 2.04 bits per heavy atom. The van der Waals surface area contributed by atoms with Crippen LogP contribution in [0.5, 0.6) is 0 Å². The lowest BCUT2D eigenvalue weighted by Gasteiger charge is -2.38. The number of likely N-dealkylation sites (tertiary alicyclic amines) is 1. The summed E-state index contributed by atoms with van der Waals surface area (Å²) in [5, 5.41) is 0.710. The van der Waals surface area contributed by atoms with Crippen molar-refractivity contribution in [1.29, 1.82) is 0 Å². The van der Waals surface area contributed by atoms with E-state index in [2.05, 4.69) is 4.98 Å². The van der Waals surface area contributed by atoms with Gasteiger partial charge in [-0.1, -0.05) is 0 Å². The normalized spacial score (nSPS) is 21.6. The zero-order valence-corrected chi connectivity index (χ0v) is 15.0. The highest BCUT2D eigenvalue weighted by atomic mass is 19.2. The summed E-state index contributed by atoms with van der Waals surface area (Å²) in [5.41, 5.74) is 0.661. The highest BCUT2D eigenvalue weighted by Crippen LogP contribution is 2.36. The summed E-state index contributed by atoms with van der Waals surface area (Å²) in [4.78, 5) is 16.9. The van der Waals surface area contributed by atoms with Crippen molar-refractivity contribution in [3.05, 3.63) is 35.5 Å². The van der Waals surface area contributed by atoms with Gasteiger partial charge in [-0.3, -0.25) is 0 Å². The number of carbonyl (C=O) groups is 1. The summed E-state index contributed by atoms with van der Waals surface area (Å²) in [7, 11) is 0. The Balaban J connectivity index is 1.78. The number of halogens is 2. The van der Waals surface area contributed by atoms with Gasteiger partial charge in [0, 0.05) is 24.2 Å². The summed E-state index contributed by atoms with van der Waals surface area (Å²) in [6.45, 7) is 8.12. The van der Waals surface area contributed by atoms with Gasteiger partial charge in [0.2, 0.25) is 0 Å². The number of fused-ring (bicyclic) bond motifs is 1. The molecule has 1 saturated heterocycles. The van der Waals surface area contributed by atoms with E-state index in [9.17, 15) is 13.6 Å². The van der Waals surface area contributed by atoms with Gasteiger partial charge in [-0.2, -0.15) is 0 Å². The molecule has 2 heterocycles. The second kappa shape index (κ2) is 6.32. The van der Waals surface area contributed by atoms with Crippen molar-refractivity contribution in [2.24, 2.45) is 0 Å². The lowest BCUT2D eigenvalue weighted by atomic mass is 9.86. The third-order valence-corrected chi connectivity index (χ3v) is 4.72. The Morgan fingerprint density at radius 1 is 1.32 bits per heavy atom. The average Bonchev–Trinajstić information content (AvgIpc) is 2.93. The minimum absolute atomic E-state index is 0.0174. The molecule has 1 fully saturated rings. The zero-order valence-electron chi connectivity index (χ0n) is 15.0. The predicted molar refractivity (Wildman–Crippen MR) is 92.6 cm³/mol. The number of aromatic amines is 1. The SMILES string of the molecule is C[C@H]1C[C@H](c2c[nH]c3c(F)c(F)ccc23)CCN1C(=O)OC(C)(C)C. The molecule has 4 nitrogen and oxygen atoms in total. The number of hydrogen-bond donors (Lipinski definition) is 1. The Hall–Kier alpha value is -2.11.